The molecule has 1 aliphatic heterocycles. The number of piperazine rings is 1. The number of urea groups is 1. The highest BCUT2D eigenvalue weighted by Crippen LogP contribution is 2.32. The van der Waals surface area contributed by atoms with Crippen LogP contribution in [0.15, 0.2) is 0 Å². The second kappa shape index (κ2) is 5.77. The number of amides is 2. The fourth-order valence-electron chi connectivity index (χ4n) is 2.68. The highest BCUT2D eigenvalue weighted by Gasteiger charge is 2.38. The Kier molecular flexibility index (Phi) is 4.29. The Labute approximate surface area is 113 Å². The maximum absolute atomic E-state index is 12.1. The molecule has 1 aliphatic carbocycles. The first-order valence-electron chi connectivity index (χ1n) is 7.05. The van der Waals surface area contributed by atoms with Crippen LogP contribution in [0.5, 0.6) is 0 Å². The lowest BCUT2D eigenvalue weighted by Gasteiger charge is -2.39. The molecule has 1 heterocycles. The van der Waals surface area contributed by atoms with Crippen LogP contribution in [0.4, 0.5) is 4.79 Å². The summed E-state index contributed by atoms with van der Waals surface area (Å²) in [7, 11) is 0. The lowest BCUT2D eigenvalue weighted by molar-refractivity contribution is -0.139. The summed E-state index contributed by atoms with van der Waals surface area (Å²) in [5, 5.41) is 11.8. The predicted molar refractivity (Wildman–Crippen MR) is 71.0 cm³/mol. The molecule has 0 spiro atoms. The number of carboxylic acid groups (broad SMARTS) is 1. The molecule has 2 unspecified atom stereocenters. The number of likely N-dealkylation sites (N-methyl/N-ethyl adjacent to an activating group) is 1. The summed E-state index contributed by atoms with van der Waals surface area (Å²) < 4.78 is 0. The zero-order valence-electron chi connectivity index (χ0n) is 11.6. The van der Waals surface area contributed by atoms with Crippen LogP contribution >= 0.6 is 0 Å². The first-order valence-corrected chi connectivity index (χ1v) is 7.05. The molecule has 2 amide bonds. The van der Waals surface area contributed by atoms with E-state index in [9.17, 15) is 9.59 Å². The summed E-state index contributed by atoms with van der Waals surface area (Å²) in [6.07, 6.45) is 1.80. The SMILES string of the molecule is CCN1CCN(C(=O)NC(C(=O)O)C2CC2)CC1C. The Morgan fingerprint density at radius 1 is 1.37 bits per heavy atom. The van der Waals surface area contributed by atoms with Crippen molar-refractivity contribution < 1.29 is 14.7 Å². The molecule has 6 nitrogen and oxygen atoms in total. The Morgan fingerprint density at radius 3 is 2.53 bits per heavy atom. The van der Waals surface area contributed by atoms with Crippen LogP contribution in [0, 0.1) is 5.92 Å². The van der Waals surface area contributed by atoms with E-state index < -0.39 is 12.0 Å². The smallest absolute Gasteiger partial charge is 0.326 e. The van der Waals surface area contributed by atoms with Gasteiger partial charge < -0.3 is 15.3 Å². The first-order chi connectivity index (χ1) is 9.02. The van der Waals surface area contributed by atoms with Gasteiger partial charge in [0.05, 0.1) is 0 Å². The lowest BCUT2D eigenvalue weighted by atomic mass is 10.2. The summed E-state index contributed by atoms with van der Waals surface area (Å²) in [5.41, 5.74) is 0. The predicted octanol–water partition coefficient (Wildman–Crippen LogP) is 0.585. The average Bonchev–Trinajstić information content (AvgIpc) is 3.19. The van der Waals surface area contributed by atoms with Crippen LogP contribution in [0.25, 0.3) is 0 Å². The van der Waals surface area contributed by atoms with E-state index in [1.54, 1.807) is 4.90 Å². The van der Waals surface area contributed by atoms with Gasteiger partial charge in [0, 0.05) is 25.7 Å². The van der Waals surface area contributed by atoms with E-state index >= 15 is 0 Å². The van der Waals surface area contributed by atoms with E-state index in [0.717, 1.165) is 25.9 Å². The van der Waals surface area contributed by atoms with Crippen molar-refractivity contribution in [1.82, 2.24) is 15.1 Å². The third kappa shape index (κ3) is 3.37. The van der Waals surface area contributed by atoms with E-state index in [1.807, 2.05) is 0 Å². The van der Waals surface area contributed by atoms with Crippen LogP contribution in [-0.4, -0.2) is 65.2 Å². The molecule has 0 bridgehead atoms. The van der Waals surface area contributed by atoms with Gasteiger partial charge in [0.15, 0.2) is 0 Å². The molecule has 0 radical (unpaired) electrons. The molecule has 1 saturated heterocycles. The van der Waals surface area contributed by atoms with Gasteiger partial charge in [0.2, 0.25) is 0 Å². The molecule has 108 valence electrons. The molecule has 19 heavy (non-hydrogen) atoms. The number of hydrogen-bond acceptors (Lipinski definition) is 3. The molecule has 2 fully saturated rings. The number of nitrogens with one attached hydrogen (secondary N) is 1. The zero-order valence-corrected chi connectivity index (χ0v) is 11.6. The topological polar surface area (TPSA) is 72.9 Å². The van der Waals surface area contributed by atoms with Crippen molar-refractivity contribution in [2.75, 3.05) is 26.2 Å². The van der Waals surface area contributed by atoms with E-state index in [-0.39, 0.29) is 11.9 Å². The molecule has 6 heteroatoms. The van der Waals surface area contributed by atoms with Crippen LogP contribution in [0.1, 0.15) is 26.7 Å². The van der Waals surface area contributed by atoms with Crippen molar-refractivity contribution >= 4 is 12.0 Å². The quantitative estimate of drug-likeness (QED) is 0.783. The van der Waals surface area contributed by atoms with Crippen molar-refractivity contribution in [3.63, 3.8) is 0 Å². The Morgan fingerprint density at radius 2 is 2.05 bits per heavy atom. The van der Waals surface area contributed by atoms with E-state index in [0.29, 0.717) is 19.1 Å². The lowest BCUT2D eigenvalue weighted by Crippen LogP contribution is -2.57. The first kappa shape index (κ1) is 14.1. The molecule has 2 atom stereocenters. The highest BCUT2D eigenvalue weighted by atomic mass is 16.4. The van der Waals surface area contributed by atoms with Crippen molar-refractivity contribution in [3.8, 4) is 0 Å². The number of carbonyl (C=O) groups excluding carboxylic acids is 1. The molecule has 2 rings (SSSR count). The molecule has 1 saturated carbocycles. The standard InChI is InChI=1S/C13H23N3O3/c1-3-15-6-7-16(8-9(15)2)13(19)14-11(12(17)18)10-4-5-10/h9-11H,3-8H2,1-2H3,(H,14,19)(H,17,18). The monoisotopic (exact) mass is 269 g/mol. The summed E-state index contributed by atoms with van der Waals surface area (Å²) in [6.45, 7) is 7.37. The van der Waals surface area contributed by atoms with Gasteiger partial charge >= 0.3 is 12.0 Å². The maximum atomic E-state index is 12.1. The molecule has 2 aliphatic rings. The molecule has 0 aromatic carbocycles. The Bertz CT molecular complexity index is 357. The number of aliphatic carboxylic acids is 1. The number of nitrogens with zero attached hydrogens (tertiary/aromatic N) is 2. The van der Waals surface area contributed by atoms with Crippen molar-refractivity contribution in [3.05, 3.63) is 0 Å². The van der Waals surface area contributed by atoms with Crippen molar-refractivity contribution in [1.29, 1.82) is 0 Å². The summed E-state index contributed by atoms with van der Waals surface area (Å²) in [6, 6.07) is -0.623. The van der Waals surface area contributed by atoms with Crippen LogP contribution < -0.4 is 5.32 Å². The Hall–Kier alpha value is -1.30. The zero-order chi connectivity index (χ0) is 14.0. The molecular formula is C13H23N3O3. The van der Waals surface area contributed by atoms with Crippen LogP contribution in [0.2, 0.25) is 0 Å². The minimum Gasteiger partial charge on any atom is -0.480 e. The van der Waals surface area contributed by atoms with E-state index in [4.69, 9.17) is 5.11 Å². The van der Waals surface area contributed by atoms with Gasteiger partial charge in [-0.25, -0.2) is 9.59 Å². The molecule has 0 aromatic heterocycles. The summed E-state index contributed by atoms with van der Waals surface area (Å²) in [4.78, 5) is 27.3. The molecular weight excluding hydrogens is 246 g/mol. The van der Waals surface area contributed by atoms with Crippen molar-refractivity contribution in [2.24, 2.45) is 5.92 Å². The minimum atomic E-state index is -0.920. The number of hydrogen-bond donors (Lipinski definition) is 2. The second-order valence-corrected chi connectivity index (χ2v) is 5.53. The third-order valence-electron chi connectivity index (χ3n) is 4.10. The second-order valence-electron chi connectivity index (χ2n) is 5.53. The van der Waals surface area contributed by atoms with Crippen LogP contribution in [0.3, 0.4) is 0 Å². The molecule has 2 N–H and O–H groups in total. The van der Waals surface area contributed by atoms with Gasteiger partial charge in [-0.2, -0.15) is 0 Å². The van der Waals surface area contributed by atoms with Gasteiger partial charge in [0.25, 0.3) is 0 Å². The van der Waals surface area contributed by atoms with Crippen LogP contribution in [-0.2, 0) is 4.79 Å². The number of rotatable bonds is 4. The molecule has 0 aromatic rings. The largest absolute Gasteiger partial charge is 0.480 e. The number of carbonyl (C=O) groups is 2. The minimum absolute atomic E-state index is 0.121. The maximum Gasteiger partial charge on any atom is 0.326 e. The Balaban J connectivity index is 1.88. The third-order valence-corrected chi connectivity index (χ3v) is 4.10. The van der Waals surface area contributed by atoms with Gasteiger partial charge in [-0.1, -0.05) is 6.92 Å². The highest BCUT2D eigenvalue weighted by molar-refractivity contribution is 5.83. The summed E-state index contributed by atoms with van der Waals surface area (Å²) >= 11 is 0. The van der Waals surface area contributed by atoms with E-state index in [1.165, 1.54) is 0 Å². The van der Waals surface area contributed by atoms with Gasteiger partial charge in [-0.15, -0.1) is 0 Å². The fourth-order valence-corrected chi connectivity index (χ4v) is 2.68. The number of carboxylic acids is 1. The van der Waals surface area contributed by atoms with Gasteiger partial charge in [-0.3, -0.25) is 4.90 Å². The normalized spacial score (nSPS) is 26.0. The average molecular weight is 269 g/mol. The van der Waals surface area contributed by atoms with E-state index in [2.05, 4.69) is 24.1 Å². The summed E-state index contributed by atoms with van der Waals surface area (Å²) in [5.74, 6) is -0.799. The van der Waals surface area contributed by atoms with Gasteiger partial charge in [0.1, 0.15) is 6.04 Å². The fraction of sp³-hybridized carbons (Fsp3) is 0.846. The van der Waals surface area contributed by atoms with Crippen molar-refractivity contribution in [2.45, 2.75) is 38.8 Å². The van der Waals surface area contributed by atoms with Gasteiger partial charge in [-0.05, 0) is 32.2 Å².